The van der Waals surface area contributed by atoms with Crippen molar-refractivity contribution in [1.29, 1.82) is 0 Å². The van der Waals surface area contributed by atoms with Crippen molar-refractivity contribution in [3.63, 3.8) is 0 Å². The van der Waals surface area contributed by atoms with Crippen molar-refractivity contribution in [2.24, 2.45) is 0 Å². The molecule has 1 amide bonds. The van der Waals surface area contributed by atoms with E-state index in [4.69, 9.17) is 9.84 Å². The highest BCUT2D eigenvalue weighted by molar-refractivity contribution is 5.76. The number of rotatable bonds is 9. The first-order valence-electron chi connectivity index (χ1n) is 7.14. The molecule has 5 nitrogen and oxygen atoms in total. The Hall–Kier alpha value is -1.88. The fourth-order valence-electron chi connectivity index (χ4n) is 1.95. The third-order valence-corrected chi connectivity index (χ3v) is 3.33. The molecule has 0 aliphatic heterocycles. The molecule has 0 saturated heterocycles. The number of hydrogen-bond donors (Lipinski definition) is 2. The first-order valence-corrected chi connectivity index (χ1v) is 7.14. The van der Waals surface area contributed by atoms with Gasteiger partial charge in [0.2, 0.25) is 5.91 Å². The third-order valence-electron chi connectivity index (χ3n) is 3.33. The van der Waals surface area contributed by atoms with E-state index < -0.39 is 12.1 Å². The zero-order valence-corrected chi connectivity index (χ0v) is 12.6. The van der Waals surface area contributed by atoms with E-state index >= 15 is 0 Å². The Bertz CT molecular complexity index is 456. The van der Waals surface area contributed by atoms with Gasteiger partial charge in [0, 0.05) is 20.1 Å². The van der Waals surface area contributed by atoms with Crippen molar-refractivity contribution >= 4 is 11.9 Å². The number of aliphatic carboxylic acids is 1. The molecule has 1 unspecified atom stereocenters. The van der Waals surface area contributed by atoms with Crippen LogP contribution in [-0.4, -0.2) is 36.7 Å². The lowest BCUT2D eigenvalue weighted by molar-refractivity contribution is -0.140. The second-order valence-electron chi connectivity index (χ2n) is 4.93. The molecule has 0 fully saturated rings. The van der Waals surface area contributed by atoms with E-state index in [0.717, 1.165) is 12.0 Å². The molecule has 0 aliphatic rings. The number of hydrogen-bond acceptors (Lipinski definition) is 3. The second-order valence-corrected chi connectivity index (χ2v) is 4.93. The predicted molar refractivity (Wildman–Crippen MR) is 80.2 cm³/mol. The number of methoxy groups -OCH3 is 1. The summed E-state index contributed by atoms with van der Waals surface area (Å²) in [7, 11) is 1.44. The number of benzene rings is 1. The Morgan fingerprint density at radius 3 is 2.38 bits per heavy atom. The van der Waals surface area contributed by atoms with Crippen molar-refractivity contribution in [2.45, 2.75) is 38.7 Å². The lowest BCUT2D eigenvalue weighted by Crippen LogP contribution is -2.34. The smallest absolute Gasteiger partial charge is 0.306 e. The summed E-state index contributed by atoms with van der Waals surface area (Å²) in [6.07, 6.45) is 1.45. The zero-order chi connectivity index (χ0) is 15.7. The first kappa shape index (κ1) is 17.2. The molecule has 116 valence electrons. The Morgan fingerprint density at radius 1 is 1.24 bits per heavy atom. The molecule has 0 heterocycles. The van der Waals surface area contributed by atoms with Gasteiger partial charge in [-0.05, 0) is 24.0 Å². The highest BCUT2D eigenvalue weighted by Gasteiger charge is 2.13. The van der Waals surface area contributed by atoms with Gasteiger partial charge in [-0.1, -0.05) is 31.2 Å². The van der Waals surface area contributed by atoms with Crippen LogP contribution in [0.2, 0.25) is 0 Å². The topological polar surface area (TPSA) is 75.6 Å². The van der Waals surface area contributed by atoms with Crippen LogP contribution in [0.5, 0.6) is 0 Å². The van der Waals surface area contributed by atoms with Crippen LogP contribution in [0.4, 0.5) is 0 Å². The number of nitrogens with one attached hydrogen (secondary N) is 1. The number of carbonyl (C=O) groups is 2. The minimum atomic E-state index is -0.938. The lowest BCUT2D eigenvalue weighted by atomic mass is 10.1. The molecule has 1 atom stereocenters. The fraction of sp³-hybridized carbons (Fsp3) is 0.500. The van der Waals surface area contributed by atoms with Crippen molar-refractivity contribution in [1.82, 2.24) is 5.32 Å². The van der Waals surface area contributed by atoms with Crippen LogP contribution in [0.15, 0.2) is 24.3 Å². The van der Waals surface area contributed by atoms with Crippen LogP contribution in [0.1, 0.15) is 30.9 Å². The molecule has 21 heavy (non-hydrogen) atoms. The van der Waals surface area contributed by atoms with E-state index in [1.54, 1.807) is 0 Å². The van der Waals surface area contributed by atoms with Gasteiger partial charge in [-0.3, -0.25) is 9.59 Å². The standard InChI is InChI=1S/C16H23NO4/c1-3-12-4-6-13(7-5-12)8-9-15(18)17-11-14(21-2)10-16(19)20/h4-7,14H,3,8-11H2,1-2H3,(H,17,18)(H,19,20). The normalized spacial score (nSPS) is 11.9. The molecule has 1 aromatic carbocycles. The summed E-state index contributed by atoms with van der Waals surface area (Å²) in [5.41, 5.74) is 2.40. The van der Waals surface area contributed by atoms with Gasteiger partial charge >= 0.3 is 5.97 Å². The van der Waals surface area contributed by atoms with Gasteiger partial charge in [-0.15, -0.1) is 0 Å². The lowest BCUT2D eigenvalue weighted by Gasteiger charge is -2.13. The van der Waals surface area contributed by atoms with E-state index in [-0.39, 0.29) is 18.9 Å². The SMILES string of the molecule is CCc1ccc(CCC(=O)NCC(CC(=O)O)OC)cc1. The van der Waals surface area contributed by atoms with Crippen LogP contribution in [0.25, 0.3) is 0 Å². The summed E-state index contributed by atoms with van der Waals surface area (Å²) < 4.78 is 5.00. The number of amides is 1. The molecule has 0 spiro atoms. The van der Waals surface area contributed by atoms with Crippen molar-refractivity contribution in [3.8, 4) is 0 Å². The number of carboxylic acids is 1. The molecule has 0 aromatic heterocycles. The highest BCUT2D eigenvalue weighted by Crippen LogP contribution is 2.07. The Morgan fingerprint density at radius 2 is 1.86 bits per heavy atom. The second kappa shape index (κ2) is 9.13. The van der Waals surface area contributed by atoms with E-state index in [9.17, 15) is 9.59 Å². The van der Waals surface area contributed by atoms with Gasteiger partial charge in [0.15, 0.2) is 0 Å². The van der Waals surface area contributed by atoms with Gasteiger partial charge in [0.25, 0.3) is 0 Å². The van der Waals surface area contributed by atoms with Gasteiger partial charge in [-0.2, -0.15) is 0 Å². The van der Waals surface area contributed by atoms with Crippen molar-refractivity contribution < 1.29 is 19.4 Å². The van der Waals surface area contributed by atoms with Gasteiger partial charge in [0.1, 0.15) is 0 Å². The number of aryl methyl sites for hydroxylation is 2. The quantitative estimate of drug-likeness (QED) is 0.728. The van der Waals surface area contributed by atoms with Crippen molar-refractivity contribution in [2.75, 3.05) is 13.7 Å². The maximum Gasteiger partial charge on any atom is 0.306 e. The van der Waals surface area contributed by atoms with Gasteiger partial charge in [0.05, 0.1) is 12.5 Å². The van der Waals surface area contributed by atoms with Crippen LogP contribution < -0.4 is 5.32 Å². The van der Waals surface area contributed by atoms with E-state index in [0.29, 0.717) is 12.8 Å². The van der Waals surface area contributed by atoms with Crippen LogP contribution in [0, 0.1) is 0 Å². The maximum absolute atomic E-state index is 11.7. The molecule has 5 heteroatoms. The highest BCUT2D eigenvalue weighted by atomic mass is 16.5. The predicted octanol–water partition coefficient (Wildman–Crippen LogP) is 1.79. The van der Waals surface area contributed by atoms with Crippen LogP contribution in [0.3, 0.4) is 0 Å². The molecule has 0 radical (unpaired) electrons. The van der Waals surface area contributed by atoms with Gasteiger partial charge < -0.3 is 15.2 Å². The summed E-state index contributed by atoms with van der Waals surface area (Å²) in [5, 5.41) is 11.4. The minimum Gasteiger partial charge on any atom is -0.481 e. The molecule has 2 N–H and O–H groups in total. The largest absolute Gasteiger partial charge is 0.481 e. The van der Waals surface area contributed by atoms with Crippen LogP contribution >= 0.6 is 0 Å². The number of carboxylic acid groups (broad SMARTS) is 1. The number of ether oxygens (including phenoxy) is 1. The maximum atomic E-state index is 11.7. The summed E-state index contributed by atoms with van der Waals surface area (Å²) in [4.78, 5) is 22.3. The summed E-state index contributed by atoms with van der Waals surface area (Å²) in [6.45, 7) is 2.32. The minimum absolute atomic E-state index is 0.0954. The molecule has 0 bridgehead atoms. The molecule has 1 aromatic rings. The van der Waals surface area contributed by atoms with Crippen molar-refractivity contribution in [3.05, 3.63) is 35.4 Å². The zero-order valence-electron chi connectivity index (χ0n) is 12.6. The average Bonchev–Trinajstić information content (AvgIpc) is 2.49. The van der Waals surface area contributed by atoms with Gasteiger partial charge in [-0.25, -0.2) is 0 Å². The third kappa shape index (κ3) is 6.90. The number of carbonyl (C=O) groups excluding carboxylic acids is 1. The Labute approximate surface area is 125 Å². The summed E-state index contributed by atoms with van der Waals surface area (Å²) in [6, 6.07) is 8.21. The Kier molecular flexibility index (Phi) is 7.46. The molecular weight excluding hydrogens is 270 g/mol. The first-order chi connectivity index (χ1) is 10.0. The van der Waals surface area contributed by atoms with E-state index in [1.165, 1.54) is 12.7 Å². The Balaban J connectivity index is 2.31. The monoisotopic (exact) mass is 293 g/mol. The molecular formula is C16H23NO4. The molecule has 1 rings (SSSR count). The average molecular weight is 293 g/mol. The fourth-order valence-corrected chi connectivity index (χ4v) is 1.95. The molecule has 0 aliphatic carbocycles. The van der Waals surface area contributed by atoms with E-state index in [2.05, 4.69) is 24.4 Å². The summed E-state index contributed by atoms with van der Waals surface area (Å²) in [5.74, 6) is -1.03. The van der Waals surface area contributed by atoms with Crippen LogP contribution in [-0.2, 0) is 27.2 Å². The van der Waals surface area contributed by atoms with E-state index in [1.807, 2.05) is 12.1 Å². The molecule has 0 saturated carbocycles. The summed E-state index contributed by atoms with van der Waals surface area (Å²) >= 11 is 0.